The minimum Gasteiger partial charge on any atom is -0.333 e. The van der Waals surface area contributed by atoms with Crippen molar-refractivity contribution in [3.8, 4) is 23.0 Å². The lowest BCUT2D eigenvalue weighted by Gasteiger charge is -2.08. The molecule has 0 radical (unpaired) electrons. The summed E-state index contributed by atoms with van der Waals surface area (Å²) < 4.78 is 5.41. The fourth-order valence-electron chi connectivity index (χ4n) is 3.19. The number of hydrogen-bond acceptors (Lipinski definition) is 6. The summed E-state index contributed by atoms with van der Waals surface area (Å²) in [5, 5.41) is 9.34. The van der Waals surface area contributed by atoms with Crippen molar-refractivity contribution in [2.45, 2.75) is 26.7 Å². The maximum absolute atomic E-state index is 11.2. The van der Waals surface area contributed by atoms with Gasteiger partial charge in [-0.05, 0) is 52.9 Å². The molecule has 0 aliphatic heterocycles. The highest BCUT2D eigenvalue weighted by Crippen LogP contribution is 2.31. The molecular formula is C20H18N4O2. The molecule has 0 bridgehead atoms. The fraction of sp³-hybridized carbons (Fsp3) is 0.250. The van der Waals surface area contributed by atoms with Crippen LogP contribution in [0.3, 0.4) is 0 Å². The molecule has 1 aliphatic rings. The van der Waals surface area contributed by atoms with Gasteiger partial charge in [0.2, 0.25) is 5.82 Å². The van der Waals surface area contributed by atoms with Crippen LogP contribution in [-0.4, -0.2) is 15.1 Å². The van der Waals surface area contributed by atoms with Crippen LogP contribution in [0.2, 0.25) is 0 Å². The number of nitroso groups, excluding NO2 is 1. The van der Waals surface area contributed by atoms with Gasteiger partial charge in [0.25, 0.3) is 5.89 Å². The highest BCUT2D eigenvalue weighted by Gasteiger charge is 2.17. The van der Waals surface area contributed by atoms with Gasteiger partial charge in [-0.1, -0.05) is 37.2 Å². The van der Waals surface area contributed by atoms with Gasteiger partial charge < -0.3 is 4.52 Å². The van der Waals surface area contributed by atoms with Crippen molar-refractivity contribution in [1.29, 1.82) is 0 Å². The normalized spacial score (nSPS) is 15.7. The Bertz CT molecular complexity index is 1100. The first kappa shape index (κ1) is 16.3. The summed E-state index contributed by atoms with van der Waals surface area (Å²) in [4.78, 5) is 20.1. The number of nitrogens with zero attached hydrogens (tertiary/aromatic N) is 4. The van der Waals surface area contributed by atoms with Crippen LogP contribution < -0.4 is 10.4 Å². The van der Waals surface area contributed by atoms with E-state index in [1.54, 1.807) is 18.3 Å². The zero-order valence-electron chi connectivity index (χ0n) is 14.6. The summed E-state index contributed by atoms with van der Waals surface area (Å²) in [5.74, 6) is 1.18. The summed E-state index contributed by atoms with van der Waals surface area (Å²) in [6.07, 6.45) is 7.91. The molecule has 0 saturated heterocycles. The van der Waals surface area contributed by atoms with Crippen LogP contribution in [0.15, 0.2) is 40.2 Å². The predicted octanol–water partition coefficient (Wildman–Crippen LogP) is 3.36. The molecule has 3 aromatic rings. The molecule has 0 fully saturated rings. The van der Waals surface area contributed by atoms with E-state index in [1.165, 1.54) is 0 Å². The fourth-order valence-corrected chi connectivity index (χ4v) is 3.19. The quantitative estimate of drug-likeness (QED) is 0.677. The van der Waals surface area contributed by atoms with Gasteiger partial charge in [-0.15, -0.1) is 4.91 Å². The van der Waals surface area contributed by atoms with Crippen molar-refractivity contribution in [2.24, 2.45) is 11.1 Å². The lowest BCUT2D eigenvalue weighted by atomic mass is 9.99. The smallest absolute Gasteiger partial charge is 0.260 e. The van der Waals surface area contributed by atoms with Gasteiger partial charge in [-0.3, -0.25) is 4.98 Å². The van der Waals surface area contributed by atoms with E-state index in [9.17, 15) is 4.91 Å². The highest BCUT2D eigenvalue weighted by molar-refractivity contribution is 5.71. The maximum atomic E-state index is 11.2. The molecule has 6 nitrogen and oxygen atoms in total. The van der Waals surface area contributed by atoms with E-state index >= 15 is 0 Å². The van der Waals surface area contributed by atoms with Gasteiger partial charge in [0.15, 0.2) is 0 Å². The van der Waals surface area contributed by atoms with Crippen molar-refractivity contribution < 1.29 is 4.52 Å². The number of aryl methyl sites for hydroxylation is 1. The first-order valence-electron chi connectivity index (χ1n) is 8.67. The first-order chi connectivity index (χ1) is 12.7. The molecule has 1 aromatic carbocycles. The molecule has 130 valence electrons. The zero-order valence-corrected chi connectivity index (χ0v) is 14.6. The Balaban J connectivity index is 1.81. The number of hydrogen-bond donors (Lipinski definition) is 0. The number of fused-ring (bicyclic) bond motifs is 1. The van der Waals surface area contributed by atoms with Crippen LogP contribution in [0, 0.1) is 10.8 Å². The van der Waals surface area contributed by atoms with Crippen molar-refractivity contribution in [2.75, 3.05) is 0 Å². The second-order valence-electron chi connectivity index (χ2n) is 6.47. The second-order valence-corrected chi connectivity index (χ2v) is 6.47. The van der Waals surface area contributed by atoms with Crippen LogP contribution in [0.1, 0.15) is 25.8 Å². The van der Waals surface area contributed by atoms with Gasteiger partial charge in [-0.2, -0.15) is 4.98 Å². The van der Waals surface area contributed by atoms with E-state index in [4.69, 9.17) is 4.52 Å². The minimum absolute atomic E-state index is 0.268. The third kappa shape index (κ3) is 2.83. The Kier molecular flexibility index (Phi) is 4.16. The Labute approximate surface area is 150 Å². The summed E-state index contributed by atoms with van der Waals surface area (Å²) in [6.45, 7) is 4.20. The van der Waals surface area contributed by atoms with E-state index in [0.29, 0.717) is 28.7 Å². The molecule has 0 spiro atoms. The molecule has 26 heavy (non-hydrogen) atoms. The molecule has 4 rings (SSSR count). The molecule has 2 heterocycles. The molecule has 0 amide bonds. The highest BCUT2D eigenvalue weighted by atomic mass is 16.5. The standard InChI is InChI=1S/C20H18N4O2/c1-3-13-5-7-16(17(11-13)23-25)20-22-19(24-26-20)18-15-6-4-12(2)10-14(15)8-9-21-18/h5-12H,3-4H2,1-2H3. The number of pyridine rings is 1. The molecular weight excluding hydrogens is 328 g/mol. The minimum atomic E-state index is 0.268. The van der Waals surface area contributed by atoms with Crippen LogP contribution in [0.25, 0.3) is 35.1 Å². The summed E-state index contributed by atoms with van der Waals surface area (Å²) in [6, 6.07) is 7.46. The zero-order chi connectivity index (χ0) is 18.1. The molecule has 1 aliphatic carbocycles. The Morgan fingerprint density at radius 2 is 2.19 bits per heavy atom. The summed E-state index contributed by atoms with van der Waals surface area (Å²) in [5.41, 5.74) is 2.55. The maximum Gasteiger partial charge on any atom is 0.260 e. The van der Waals surface area contributed by atoms with Gasteiger partial charge in [0, 0.05) is 11.4 Å². The van der Waals surface area contributed by atoms with E-state index < -0.39 is 0 Å². The summed E-state index contributed by atoms with van der Waals surface area (Å²) in [7, 11) is 0. The monoisotopic (exact) mass is 346 g/mol. The van der Waals surface area contributed by atoms with Crippen molar-refractivity contribution >= 4 is 17.8 Å². The van der Waals surface area contributed by atoms with Crippen molar-refractivity contribution in [3.05, 3.63) is 51.4 Å². The predicted molar refractivity (Wildman–Crippen MR) is 99.8 cm³/mol. The summed E-state index contributed by atoms with van der Waals surface area (Å²) >= 11 is 0. The molecule has 1 atom stereocenters. The largest absolute Gasteiger partial charge is 0.333 e. The molecule has 6 heteroatoms. The Morgan fingerprint density at radius 1 is 1.31 bits per heavy atom. The SMILES string of the molecule is CCc1ccc(-c2nc(-c3nccc4c3=CCC(C)C=4)no2)c(N=O)c1. The van der Waals surface area contributed by atoms with E-state index in [0.717, 1.165) is 28.8 Å². The molecule has 0 saturated carbocycles. The van der Waals surface area contributed by atoms with E-state index in [2.05, 4.69) is 39.4 Å². The average Bonchev–Trinajstić information content (AvgIpc) is 3.16. The third-order valence-corrected chi connectivity index (χ3v) is 4.62. The molecule has 0 N–H and O–H groups in total. The Morgan fingerprint density at radius 3 is 3.00 bits per heavy atom. The lowest BCUT2D eigenvalue weighted by molar-refractivity contribution is 0.432. The number of rotatable bonds is 4. The number of aromatic nitrogens is 3. The van der Waals surface area contributed by atoms with Crippen LogP contribution in [0.5, 0.6) is 0 Å². The first-order valence-corrected chi connectivity index (χ1v) is 8.67. The second kappa shape index (κ2) is 6.63. The lowest BCUT2D eigenvalue weighted by Crippen LogP contribution is -2.31. The van der Waals surface area contributed by atoms with Gasteiger partial charge in [0.05, 0.1) is 5.56 Å². The number of benzene rings is 1. The molecule has 2 aromatic heterocycles. The van der Waals surface area contributed by atoms with Gasteiger partial charge >= 0.3 is 0 Å². The Hall–Kier alpha value is -3.15. The van der Waals surface area contributed by atoms with E-state index in [1.807, 2.05) is 19.1 Å². The third-order valence-electron chi connectivity index (χ3n) is 4.62. The molecule has 1 unspecified atom stereocenters. The van der Waals surface area contributed by atoms with Crippen LogP contribution >= 0.6 is 0 Å². The van der Waals surface area contributed by atoms with Crippen LogP contribution in [0.4, 0.5) is 5.69 Å². The van der Waals surface area contributed by atoms with E-state index in [-0.39, 0.29) is 5.89 Å². The average molecular weight is 346 g/mol. The van der Waals surface area contributed by atoms with Gasteiger partial charge in [0.1, 0.15) is 11.4 Å². The van der Waals surface area contributed by atoms with Crippen molar-refractivity contribution in [3.63, 3.8) is 0 Å². The topological polar surface area (TPSA) is 81.2 Å². The van der Waals surface area contributed by atoms with Gasteiger partial charge in [-0.25, -0.2) is 0 Å². The van der Waals surface area contributed by atoms with Crippen molar-refractivity contribution in [1.82, 2.24) is 15.1 Å². The van der Waals surface area contributed by atoms with Crippen LogP contribution in [-0.2, 0) is 6.42 Å².